The topological polar surface area (TPSA) is 82.3 Å². The van der Waals surface area contributed by atoms with Crippen molar-refractivity contribution in [3.63, 3.8) is 0 Å². The number of benzene rings is 1. The quantitative estimate of drug-likeness (QED) is 0.563. The SMILES string of the molecule is CCNC(=O)NC(CC(C)C)C(=O)NNc1ccc(Cl)cc1Cl. The summed E-state index contributed by atoms with van der Waals surface area (Å²) in [6.45, 7) is 6.24. The van der Waals surface area contributed by atoms with Gasteiger partial charge in [0, 0.05) is 11.6 Å². The Morgan fingerprint density at radius 2 is 1.91 bits per heavy atom. The number of halogens is 2. The van der Waals surface area contributed by atoms with Gasteiger partial charge in [-0.3, -0.25) is 15.6 Å². The van der Waals surface area contributed by atoms with Gasteiger partial charge in [0.2, 0.25) is 0 Å². The van der Waals surface area contributed by atoms with Crippen LogP contribution < -0.4 is 21.5 Å². The van der Waals surface area contributed by atoms with Gasteiger partial charge in [0.1, 0.15) is 6.04 Å². The van der Waals surface area contributed by atoms with Crippen molar-refractivity contribution in [3.05, 3.63) is 28.2 Å². The van der Waals surface area contributed by atoms with E-state index in [4.69, 9.17) is 23.2 Å². The first-order valence-corrected chi connectivity index (χ1v) is 8.14. The summed E-state index contributed by atoms with van der Waals surface area (Å²) >= 11 is 11.8. The normalized spacial score (nSPS) is 11.7. The zero-order valence-corrected chi connectivity index (χ0v) is 14.9. The van der Waals surface area contributed by atoms with Crippen molar-refractivity contribution in [2.24, 2.45) is 5.92 Å². The number of hydrogen-bond donors (Lipinski definition) is 4. The van der Waals surface area contributed by atoms with E-state index in [0.717, 1.165) is 0 Å². The molecule has 6 nitrogen and oxygen atoms in total. The predicted molar refractivity (Wildman–Crippen MR) is 93.7 cm³/mol. The van der Waals surface area contributed by atoms with Gasteiger partial charge in [0.05, 0.1) is 10.7 Å². The lowest BCUT2D eigenvalue weighted by Gasteiger charge is -2.21. The van der Waals surface area contributed by atoms with Crippen LogP contribution >= 0.6 is 23.2 Å². The Bertz CT molecular complexity index is 552. The van der Waals surface area contributed by atoms with Gasteiger partial charge in [-0.2, -0.15) is 0 Å². The van der Waals surface area contributed by atoms with E-state index in [9.17, 15) is 9.59 Å². The Balaban J connectivity index is 2.66. The van der Waals surface area contributed by atoms with Gasteiger partial charge >= 0.3 is 6.03 Å². The van der Waals surface area contributed by atoms with E-state index >= 15 is 0 Å². The predicted octanol–water partition coefficient (Wildman–Crippen LogP) is 3.17. The number of carbonyl (C=O) groups is 2. The first-order valence-electron chi connectivity index (χ1n) is 7.38. The van der Waals surface area contributed by atoms with Gasteiger partial charge in [-0.05, 0) is 37.5 Å². The Hall–Kier alpha value is -1.66. The third kappa shape index (κ3) is 6.97. The zero-order chi connectivity index (χ0) is 17.4. The minimum Gasteiger partial charge on any atom is -0.338 e. The van der Waals surface area contributed by atoms with Crippen LogP contribution in [0.1, 0.15) is 27.2 Å². The molecule has 0 aliphatic rings. The summed E-state index contributed by atoms with van der Waals surface area (Å²) in [5.41, 5.74) is 5.81. The molecule has 8 heteroatoms. The fourth-order valence-corrected chi connectivity index (χ4v) is 2.34. The van der Waals surface area contributed by atoms with Gasteiger partial charge in [0.15, 0.2) is 0 Å². The van der Waals surface area contributed by atoms with Crippen molar-refractivity contribution in [2.75, 3.05) is 12.0 Å². The van der Waals surface area contributed by atoms with Crippen molar-refractivity contribution in [1.29, 1.82) is 0 Å². The largest absolute Gasteiger partial charge is 0.338 e. The highest BCUT2D eigenvalue weighted by Gasteiger charge is 2.21. The molecule has 0 aliphatic heterocycles. The maximum Gasteiger partial charge on any atom is 0.315 e. The fraction of sp³-hybridized carbons (Fsp3) is 0.467. The molecule has 0 aliphatic carbocycles. The molecule has 1 rings (SSSR count). The van der Waals surface area contributed by atoms with Gasteiger partial charge in [-0.15, -0.1) is 0 Å². The number of urea groups is 1. The summed E-state index contributed by atoms with van der Waals surface area (Å²) in [6.07, 6.45) is 0.513. The second-order valence-corrected chi connectivity index (χ2v) is 6.27. The third-order valence-corrected chi connectivity index (χ3v) is 3.47. The summed E-state index contributed by atoms with van der Waals surface area (Å²) in [5, 5.41) is 6.15. The number of carbonyl (C=O) groups excluding carboxylic acids is 2. The lowest BCUT2D eigenvalue weighted by atomic mass is 10.0. The molecule has 4 N–H and O–H groups in total. The molecule has 1 unspecified atom stereocenters. The molecule has 0 radical (unpaired) electrons. The molecule has 0 fully saturated rings. The molecule has 1 aromatic carbocycles. The fourth-order valence-electron chi connectivity index (χ4n) is 1.88. The Labute approximate surface area is 146 Å². The summed E-state index contributed by atoms with van der Waals surface area (Å²) in [7, 11) is 0. The molecular formula is C15H22Cl2N4O2. The lowest BCUT2D eigenvalue weighted by molar-refractivity contribution is -0.122. The molecule has 0 aromatic heterocycles. The molecule has 1 atom stereocenters. The molecule has 128 valence electrons. The van der Waals surface area contributed by atoms with Crippen LogP contribution in [0.25, 0.3) is 0 Å². The maximum absolute atomic E-state index is 12.3. The summed E-state index contributed by atoms with van der Waals surface area (Å²) in [4.78, 5) is 23.9. The Morgan fingerprint density at radius 1 is 1.22 bits per heavy atom. The Kier molecular flexibility index (Phi) is 7.98. The molecule has 0 heterocycles. The molecule has 23 heavy (non-hydrogen) atoms. The number of nitrogens with one attached hydrogen (secondary N) is 4. The van der Waals surface area contributed by atoms with Gasteiger partial charge in [0.25, 0.3) is 5.91 Å². The van der Waals surface area contributed by atoms with Crippen LogP contribution in [0, 0.1) is 5.92 Å². The highest BCUT2D eigenvalue weighted by Crippen LogP contribution is 2.24. The van der Waals surface area contributed by atoms with Crippen LogP contribution in [0.4, 0.5) is 10.5 Å². The smallest absolute Gasteiger partial charge is 0.315 e. The van der Waals surface area contributed by atoms with Crippen molar-refractivity contribution < 1.29 is 9.59 Å². The number of hydrogen-bond acceptors (Lipinski definition) is 3. The van der Waals surface area contributed by atoms with Crippen LogP contribution in [-0.4, -0.2) is 24.5 Å². The second kappa shape index (κ2) is 9.47. The monoisotopic (exact) mass is 360 g/mol. The minimum atomic E-state index is -0.653. The average Bonchev–Trinajstić information content (AvgIpc) is 2.45. The number of amides is 3. The van der Waals surface area contributed by atoms with Gasteiger partial charge < -0.3 is 10.6 Å². The highest BCUT2D eigenvalue weighted by molar-refractivity contribution is 6.36. The van der Waals surface area contributed by atoms with Crippen LogP contribution in [-0.2, 0) is 4.79 Å². The number of anilines is 1. The Morgan fingerprint density at radius 3 is 2.48 bits per heavy atom. The standard InChI is InChI=1S/C15H22Cl2N4O2/c1-4-18-15(23)19-13(7-9(2)3)14(22)21-20-12-6-5-10(16)8-11(12)17/h5-6,8-9,13,20H,4,7H2,1-3H3,(H,21,22)(H2,18,19,23). The van der Waals surface area contributed by atoms with Crippen molar-refractivity contribution in [1.82, 2.24) is 16.1 Å². The number of hydrazine groups is 1. The van der Waals surface area contributed by atoms with Crippen molar-refractivity contribution in [3.8, 4) is 0 Å². The van der Waals surface area contributed by atoms with Crippen LogP contribution in [0.5, 0.6) is 0 Å². The second-order valence-electron chi connectivity index (χ2n) is 5.42. The van der Waals surface area contributed by atoms with E-state index in [-0.39, 0.29) is 17.9 Å². The molecule has 3 amide bonds. The summed E-state index contributed by atoms with van der Waals surface area (Å²) in [6, 6.07) is 3.84. The highest BCUT2D eigenvalue weighted by atomic mass is 35.5. The summed E-state index contributed by atoms with van der Waals surface area (Å²) in [5.74, 6) is -0.109. The van der Waals surface area contributed by atoms with Crippen LogP contribution in [0.3, 0.4) is 0 Å². The number of rotatable bonds is 7. The first-order chi connectivity index (χ1) is 10.8. The molecule has 0 bridgehead atoms. The van der Waals surface area contributed by atoms with E-state index in [1.54, 1.807) is 25.1 Å². The molecule has 0 spiro atoms. The molecule has 1 aromatic rings. The van der Waals surface area contributed by atoms with Gasteiger partial charge in [-0.25, -0.2) is 4.79 Å². The molecular weight excluding hydrogens is 339 g/mol. The maximum atomic E-state index is 12.3. The first kappa shape index (κ1) is 19.4. The van der Waals surface area contributed by atoms with E-state index in [0.29, 0.717) is 28.7 Å². The average molecular weight is 361 g/mol. The van der Waals surface area contributed by atoms with Gasteiger partial charge in [-0.1, -0.05) is 37.0 Å². The minimum absolute atomic E-state index is 0.242. The molecule has 0 saturated heterocycles. The van der Waals surface area contributed by atoms with Crippen molar-refractivity contribution >= 4 is 40.8 Å². The summed E-state index contributed by atoms with van der Waals surface area (Å²) < 4.78 is 0. The third-order valence-electron chi connectivity index (χ3n) is 2.92. The zero-order valence-electron chi connectivity index (χ0n) is 13.4. The van der Waals surface area contributed by atoms with Crippen LogP contribution in [0.15, 0.2) is 18.2 Å². The van der Waals surface area contributed by atoms with Crippen molar-refractivity contribution in [2.45, 2.75) is 33.2 Å². The van der Waals surface area contributed by atoms with E-state index in [1.165, 1.54) is 0 Å². The van der Waals surface area contributed by atoms with E-state index in [1.807, 2.05) is 13.8 Å². The van der Waals surface area contributed by atoms with Crippen LogP contribution in [0.2, 0.25) is 10.0 Å². The molecule has 0 saturated carbocycles. The van der Waals surface area contributed by atoms with E-state index in [2.05, 4.69) is 21.5 Å². The van der Waals surface area contributed by atoms with E-state index < -0.39 is 6.04 Å². The lowest BCUT2D eigenvalue weighted by Crippen LogP contribution is -2.51.